The van der Waals surface area contributed by atoms with Crippen molar-refractivity contribution in [3.8, 4) is 5.69 Å². The Morgan fingerprint density at radius 2 is 1.91 bits per heavy atom. The van der Waals surface area contributed by atoms with Crippen molar-refractivity contribution >= 4 is 23.2 Å². The summed E-state index contributed by atoms with van der Waals surface area (Å²) >= 11 is 6.35. The molecule has 0 atom stereocenters. The number of nitrogens with zero attached hydrogens (tertiary/aromatic N) is 7. The van der Waals surface area contributed by atoms with E-state index in [9.17, 15) is 0 Å². The highest BCUT2D eigenvalue weighted by atomic mass is 35.5. The molecule has 0 aliphatic carbocycles. The lowest BCUT2D eigenvalue weighted by Crippen LogP contribution is -2.72. The number of anilines is 2. The Bertz CT molecular complexity index is 1120. The minimum atomic E-state index is 0.334. The largest absolute Gasteiger partial charge is 0.383 e. The SMILES string of the molecule is COCCN1Cc2cc(Cl)ccc2-n2c(nnc2N2CC3(CN(c4cccnc4)C3)C2)C1. The third kappa shape index (κ3) is 3.34. The molecule has 1 aromatic carbocycles. The Kier molecular flexibility index (Phi) is 4.82. The van der Waals surface area contributed by atoms with Gasteiger partial charge in [-0.1, -0.05) is 11.6 Å². The van der Waals surface area contributed by atoms with Crippen molar-refractivity contribution in [1.29, 1.82) is 0 Å². The molecule has 8 nitrogen and oxygen atoms in total. The number of benzene rings is 1. The molecule has 3 aromatic rings. The first-order valence-electron chi connectivity index (χ1n) is 11.0. The second-order valence-electron chi connectivity index (χ2n) is 9.15. The fraction of sp³-hybridized carbons (Fsp3) is 0.435. The van der Waals surface area contributed by atoms with Crippen molar-refractivity contribution in [2.75, 3.05) is 56.2 Å². The van der Waals surface area contributed by atoms with Crippen LogP contribution in [-0.4, -0.2) is 71.1 Å². The van der Waals surface area contributed by atoms with Crippen molar-refractivity contribution in [3.63, 3.8) is 0 Å². The summed E-state index contributed by atoms with van der Waals surface area (Å²) in [4.78, 5) is 11.4. The number of aromatic nitrogens is 4. The smallest absolute Gasteiger partial charge is 0.231 e. The average Bonchev–Trinajstić information content (AvgIpc) is 3.07. The Labute approximate surface area is 192 Å². The number of rotatable bonds is 5. The maximum absolute atomic E-state index is 6.35. The molecule has 9 heteroatoms. The molecule has 1 spiro atoms. The lowest BCUT2D eigenvalue weighted by molar-refractivity contribution is 0.139. The minimum Gasteiger partial charge on any atom is -0.383 e. The first-order chi connectivity index (χ1) is 15.6. The van der Waals surface area contributed by atoms with E-state index in [4.69, 9.17) is 16.3 Å². The zero-order valence-electron chi connectivity index (χ0n) is 18.1. The van der Waals surface area contributed by atoms with Gasteiger partial charge in [0.1, 0.15) is 0 Å². The summed E-state index contributed by atoms with van der Waals surface area (Å²) in [6, 6.07) is 10.2. The number of halogens is 1. The standard InChI is InChI=1S/C23H26ClN7O/c1-32-8-7-28-11-17-9-18(24)4-5-20(17)31-21(12-28)26-27-22(31)30-15-23(16-30)13-29(14-23)19-3-2-6-25-10-19/h2-6,9-10H,7-8,11-16H2,1H3. The average molecular weight is 452 g/mol. The third-order valence-electron chi connectivity index (χ3n) is 6.77. The summed E-state index contributed by atoms with van der Waals surface area (Å²) in [5.41, 5.74) is 3.85. The molecule has 6 rings (SSSR count). The van der Waals surface area contributed by atoms with E-state index in [1.165, 1.54) is 11.3 Å². The molecule has 166 valence electrons. The molecule has 2 saturated heterocycles. The summed E-state index contributed by atoms with van der Waals surface area (Å²) in [7, 11) is 1.73. The van der Waals surface area contributed by atoms with Crippen molar-refractivity contribution in [3.05, 3.63) is 59.1 Å². The topological polar surface area (TPSA) is 62.6 Å². The highest BCUT2D eigenvalue weighted by Crippen LogP contribution is 2.44. The van der Waals surface area contributed by atoms with E-state index < -0.39 is 0 Å². The first-order valence-corrected chi connectivity index (χ1v) is 11.4. The second kappa shape index (κ2) is 7.72. The molecule has 0 amide bonds. The minimum absolute atomic E-state index is 0.334. The van der Waals surface area contributed by atoms with E-state index in [0.29, 0.717) is 12.0 Å². The van der Waals surface area contributed by atoms with Gasteiger partial charge < -0.3 is 14.5 Å². The predicted octanol–water partition coefficient (Wildman–Crippen LogP) is 2.60. The van der Waals surface area contributed by atoms with Crippen LogP contribution in [0.15, 0.2) is 42.7 Å². The normalized spacial score (nSPS) is 19.2. The van der Waals surface area contributed by atoms with Gasteiger partial charge in [0.15, 0.2) is 5.82 Å². The summed E-state index contributed by atoms with van der Waals surface area (Å²) in [5.74, 6) is 1.89. The molecular weight excluding hydrogens is 426 g/mol. The van der Waals surface area contributed by atoms with Gasteiger partial charge in [0.05, 0.1) is 30.7 Å². The second-order valence-corrected chi connectivity index (χ2v) is 9.59. The molecule has 2 aromatic heterocycles. The van der Waals surface area contributed by atoms with Crippen molar-refractivity contribution in [2.45, 2.75) is 13.1 Å². The number of pyridine rings is 1. The summed E-state index contributed by atoms with van der Waals surface area (Å²) in [6.07, 6.45) is 3.77. The molecule has 0 radical (unpaired) electrons. The molecule has 0 saturated carbocycles. The van der Waals surface area contributed by atoms with Crippen LogP contribution in [-0.2, 0) is 17.8 Å². The summed E-state index contributed by atoms with van der Waals surface area (Å²) in [6.45, 7) is 7.18. The van der Waals surface area contributed by atoms with Crippen molar-refractivity contribution in [2.24, 2.45) is 5.41 Å². The van der Waals surface area contributed by atoms with Gasteiger partial charge in [-0.05, 0) is 35.9 Å². The maximum atomic E-state index is 6.35. The van der Waals surface area contributed by atoms with Gasteiger partial charge in [-0.3, -0.25) is 14.5 Å². The molecule has 0 unspecified atom stereocenters. The lowest BCUT2D eigenvalue weighted by atomic mass is 9.73. The fourth-order valence-corrected chi connectivity index (χ4v) is 5.42. The number of fused-ring (bicyclic) bond motifs is 3. The van der Waals surface area contributed by atoms with Gasteiger partial charge in [0, 0.05) is 63.0 Å². The molecule has 32 heavy (non-hydrogen) atoms. The van der Waals surface area contributed by atoms with E-state index >= 15 is 0 Å². The highest BCUT2D eigenvalue weighted by molar-refractivity contribution is 6.30. The number of methoxy groups -OCH3 is 1. The van der Waals surface area contributed by atoms with E-state index in [0.717, 1.165) is 68.3 Å². The number of ether oxygens (including phenoxy) is 1. The van der Waals surface area contributed by atoms with Crippen LogP contribution in [0.25, 0.3) is 5.69 Å². The van der Waals surface area contributed by atoms with Gasteiger partial charge in [-0.15, -0.1) is 10.2 Å². The van der Waals surface area contributed by atoms with Crippen LogP contribution in [0.5, 0.6) is 0 Å². The van der Waals surface area contributed by atoms with Crippen molar-refractivity contribution in [1.82, 2.24) is 24.6 Å². The van der Waals surface area contributed by atoms with Gasteiger partial charge in [-0.2, -0.15) is 0 Å². The number of hydrogen-bond donors (Lipinski definition) is 0. The van der Waals surface area contributed by atoms with Gasteiger partial charge in [-0.25, -0.2) is 0 Å². The van der Waals surface area contributed by atoms with Gasteiger partial charge in [0.2, 0.25) is 5.95 Å². The molecule has 3 aliphatic rings. The van der Waals surface area contributed by atoms with Crippen LogP contribution in [0, 0.1) is 5.41 Å². The van der Waals surface area contributed by atoms with Gasteiger partial charge >= 0.3 is 0 Å². The van der Waals surface area contributed by atoms with Crippen LogP contribution >= 0.6 is 11.6 Å². The Balaban J connectivity index is 1.24. The van der Waals surface area contributed by atoms with Crippen LogP contribution in [0.3, 0.4) is 0 Å². The molecule has 2 fully saturated rings. The highest BCUT2D eigenvalue weighted by Gasteiger charge is 2.53. The van der Waals surface area contributed by atoms with E-state index in [2.05, 4.69) is 52.6 Å². The zero-order valence-corrected chi connectivity index (χ0v) is 18.9. The molecule has 0 N–H and O–H groups in total. The molecular formula is C23H26ClN7O. The number of hydrogen-bond acceptors (Lipinski definition) is 7. The summed E-state index contributed by atoms with van der Waals surface area (Å²) in [5, 5.41) is 9.96. The van der Waals surface area contributed by atoms with Crippen LogP contribution < -0.4 is 9.80 Å². The maximum Gasteiger partial charge on any atom is 0.231 e. The fourth-order valence-electron chi connectivity index (χ4n) is 5.23. The van der Waals surface area contributed by atoms with Gasteiger partial charge in [0.25, 0.3) is 0 Å². The van der Waals surface area contributed by atoms with Crippen LogP contribution in [0.2, 0.25) is 5.02 Å². The van der Waals surface area contributed by atoms with E-state index in [-0.39, 0.29) is 0 Å². The molecule has 5 heterocycles. The summed E-state index contributed by atoms with van der Waals surface area (Å²) < 4.78 is 7.54. The van der Waals surface area contributed by atoms with E-state index in [1.54, 1.807) is 7.11 Å². The van der Waals surface area contributed by atoms with Crippen LogP contribution in [0.1, 0.15) is 11.4 Å². The van der Waals surface area contributed by atoms with E-state index in [1.807, 2.05) is 24.5 Å². The third-order valence-corrected chi connectivity index (χ3v) is 7.00. The molecule has 3 aliphatic heterocycles. The van der Waals surface area contributed by atoms with Crippen LogP contribution in [0.4, 0.5) is 11.6 Å². The zero-order chi connectivity index (χ0) is 21.7. The Morgan fingerprint density at radius 1 is 1.06 bits per heavy atom. The lowest BCUT2D eigenvalue weighted by Gasteiger charge is -2.60. The quantitative estimate of drug-likeness (QED) is 0.590. The monoisotopic (exact) mass is 451 g/mol. The Hall–Kier alpha value is -2.68. The Morgan fingerprint density at radius 3 is 2.69 bits per heavy atom. The first kappa shape index (κ1) is 20.0. The molecule has 0 bridgehead atoms. The van der Waals surface area contributed by atoms with Crippen molar-refractivity contribution < 1.29 is 4.74 Å². The predicted molar refractivity (Wildman–Crippen MR) is 123 cm³/mol.